The largest absolute Gasteiger partial charge is 0.478 e. The molecule has 0 aromatic heterocycles. The van der Waals surface area contributed by atoms with Gasteiger partial charge in [0.1, 0.15) is 16.5 Å². The number of rotatable bonds is 4. The summed E-state index contributed by atoms with van der Waals surface area (Å²) in [6, 6.07) is 10.3. The molecule has 1 N–H and O–H groups in total. The van der Waals surface area contributed by atoms with E-state index < -0.39 is 5.97 Å². The van der Waals surface area contributed by atoms with Gasteiger partial charge in [-0.25, -0.2) is 4.79 Å². The molecule has 0 saturated heterocycles. The van der Waals surface area contributed by atoms with Crippen LogP contribution >= 0.6 is 39.1 Å². The molecule has 2 aromatic rings. The van der Waals surface area contributed by atoms with Crippen molar-refractivity contribution in [2.75, 3.05) is 0 Å². The van der Waals surface area contributed by atoms with Crippen molar-refractivity contribution in [3.8, 4) is 11.5 Å². The summed E-state index contributed by atoms with van der Waals surface area (Å²) in [6.45, 7) is 0. The molecule has 0 heterocycles. The summed E-state index contributed by atoms with van der Waals surface area (Å²) in [6.07, 6.45) is 2.48. The molecule has 0 unspecified atom stereocenters. The number of carbonyl (C=O) groups is 1. The summed E-state index contributed by atoms with van der Waals surface area (Å²) in [5.41, 5.74) is 0.608. The third-order valence-corrected chi connectivity index (χ3v) is 3.81. The molecule has 0 atom stereocenters. The number of aliphatic carboxylic acids is 1. The highest BCUT2D eigenvalue weighted by molar-refractivity contribution is 9.10. The van der Waals surface area contributed by atoms with Crippen LogP contribution in [0, 0.1) is 0 Å². The molecule has 0 aliphatic rings. The lowest BCUT2D eigenvalue weighted by molar-refractivity contribution is -0.131. The smallest absolute Gasteiger partial charge is 0.328 e. The van der Waals surface area contributed by atoms with Gasteiger partial charge in [-0.1, -0.05) is 51.3 Å². The van der Waals surface area contributed by atoms with Gasteiger partial charge in [0.25, 0.3) is 0 Å². The molecular weight excluding hydrogens is 379 g/mol. The highest BCUT2D eigenvalue weighted by atomic mass is 79.9. The van der Waals surface area contributed by atoms with Gasteiger partial charge in [0.05, 0.1) is 5.02 Å². The molecule has 0 saturated carbocycles. The van der Waals surface area contributed by atoms with Gasteiger partial charge in [-0.2, -0.15) is 0 Å². The Labute approximate surface area is 139 Å². The molecule has 0 bridgehead atoms. The van der Waals surface area contributed by atoms with Crippen LogP contribution in [-0.2, 0) is 4.79 Å². The Kier molecular flexibility index (Phi) is 5.28. The van der Waals surface area contributed by atoms with Crippen LogP contribution in [-0.4, -0.2) is 11.1 Å². The Morgan fingerprint density at radius 1 is 1.19 bits per heavy atom. The Morgan fingerprint density at radius 3 is 2.67 bits per heavy atom. The minimum absolute atomic E-state index is 0.298. The van der Waals surface area contributed by atoms with Crippen LogP contribution in [0.2, 0.25) is 10.0 Å². The average molecular weight is 388 g/mol. The van der Waals surface area contributed by atoms with Crippen LogP contribution in [0.1, 0.15) is 5.56 Å². The van der Waals surface area contributed by atoms with Gasteiger partial charge in [0.15, 0.2) is 0 Å². The molecule has 0 radical (unpaired) electrons. The lowest BCUT2D eigenvalue weighted by Crippen LogP contribution is -1.91. The number of hydrogen-bond acceptors (Lipinski definition) is 2. The molecule has 0 spiro atoms. The van der Waals surface area contributed by atoms with Gasteiger partial charge >= 0.3 is 5.97 Å². The summed E-state index contributed by atoms with van der Waals surface area (Å²) in [4.78, 5) is 10.6. The number of carboxylic acid groups (broad SMARTS) is 1. The monoisotopic (exact) mass is 386 g/mol. The second kappa shape index (κ2) is 6.98. The summed E-state index contributed by atoms with van der Waals surface area (Å²) >= 11 is 15.4. The van der Waals surface area contributed by atoms with Crippen LogP contribution in [0.5, 0.6) is 11.5 Å². The highest BCUT2D eigenvalue weighted by Crippen LogP contribution is 2.36. The Balaban J connectivity index is 2.40. The number of halogens is 3. The number of benzene rings is 2. The van der Waals surface area contributed by atoms with E-state index in [0.717, 1.165) is 10.5 Å². The standard InChI is InChI=1S/C15H9BrCl2O3/c16-10-6-4-9(5-7-14(19)20)13(8-10)21-12-3-1-2-11(17)15(12)18/h1-8H,(H,19,20)/b7-5+. The predicted octanol–water partition coefficient (Wildman–Crippen LogP) is 5.65. The van der Waals surface area contributed by atoms with E-state index in [1.54, 1.807) is 36.4 Å². The van der Waals surface area contributed by atoms with Crippen molar-refractivity contribution in [1.29, 1.82) is 0 Å². The lowest BCUT2D eigenvalue weighted by atomic mass is 10.2. The molecule has 0 fully saturated rings. The van der Waals surface area contributed by atoms with Crippen LogP contribution in [0.15, 0.2) is 46.9 Å². The Bertz CT molecular complexity index is 714. The minimum Gasteiger partial charge on any atom is -0.478 e. The van der Waals surface area contributed by atoms with E-state index in [1.807, 2.05) is 0 Å². The number of carboxylic acids is 1. The van der Waals surface area contributed by atoms with E-state index >= 15 is 0 Å². The molecule has 2 rings (SSSR count). The van der Waals surface area contributed by atoms with E-state index in [-0.39, 0.29) is 0 Å². The second-order valence-corrected chi connectivity index (χ2v) is 5.71. The normalized spacial score (nSPS) is 10.8. The van der Waals surface area contributed by atoms with Crippen LogP contribution in [0.25, 0.3) is 6.08 Å². The molecule has 108 valence electrons. The molecule has 6 heteroatoms. The van der Waals surface area contributed by atoms with Gasteiger partial charge in [-0.3, -0.25) is 0 Å². The third-order valence-electron chi connectivity index (χ3n) is 2.52. The average Bonchev–Trinajstić information content (AvgIpc) is 2.43. The van der Waals surface area contributed by atoms with Crippen molar-refractivity contribution < 1.29 is 14.6 Å². The first-order valence-corrected chi connectivity index (χ1v) is 7.34. The predicted molar refractivity (Wildman–Crippen MR) is 87.3 cm³/mol. The maximum absolute atomic E-state index is 10.6. The van der Waals surface area contributed by atoms with Crippen LogP contribution < -0.4 is 4.74 Å². The fraction of sp³-hybridized carbons (Fsp3) is 0. The minimum atomic E-state index is -1.04. The van der Waals surface area contributed by atoms with Crippen molar-refractivity contribution in [2.45, 2.75) is 0 Å². The maximum Gasteiger partial charge on any atom is 0.328 e. The summed E-state index contributed by atoms with van der Waals surface area (Å²) in [7, 11) is 0. The van der Waals surface area contributed by atoms with E-state index in [0.29, 0.717) is 27.1 Å². The highest BCUT2D eigenvalue weighted by Gasteiger charge is 2.09. The first-order chi connectivity index (χ1) is 9.97. The zero-order valence-corrected chi connectivity index (χ0v) is 13.6. The second-order valence-electron chi connectivity index (χ2n) is 4.01. The van der Waals surface area contributed by atoms with Gasteiger partial charge in [-0.05, 0) is 30.3 Å². The van der Waals surface area contributed by atoms with Gasteiger partial charge in [0, 0.05) is 16.1 Å². The van der Waals surface area contributed by atoms with Crippen molar-refractivity contribution >= 4 is 51.2 Å². The van der Waals surface area contributed by atoms with Gasteiger partial charge < -0.3 is 9.84 Å². The zero-order valence-electron chi connectivity index (χ0n) is 10.5. The van der Waals surface area contributed by atoms with Crippen molar-refractivity contribution in [1.82, 2.24) is 0 Å². The topological polar surface area (TPSA) is 46.5 Å². The van der Waals surface area contributed by atoms with E-state index in [4.69, 9.17) is 33.0 Å². The van der Waals surface area contributed by atoms with Crippen molar-refractivity contribution in [2.24, 2.45) is 0 Å². The molecule has 0 amide bonds. The quantitative estimate of drug-likeness (QED) is 0.690. The van der Waals surface area contributed by atoms with E-state index in [1.165, 1.54) is 6.08 Å². The first kappa shape index (κ1) is 15.9. The van der Waals surface area contributed by atoms with E-state index in [9.17, 15) is 4.79 Å². The molecule has 3 nitrogen and oxygen atoms in total. The molecule has 0 aliphatic carbocycles. The van der Waals surface area contributed by atoms with Crippen molar-refractivity contribution in [3.63, 3.8) is 0 Å². The summed E-state index contributed by atoms with van der Waals surface area (Å²) in [5.74, 6) is -0.178. The Morgan fingerprint density at radius 2 is 1.95 bits per heavy atom. The molecule has 0 aliphatic heterocycles. The third kappa shape index (κ3) is 4.24. The SMILES string of the molecule is O=C(O)/C=C/c1ccc(Br)cc1Oc1cccc(Cl)c1Cl. The number of hydrogen-bond donors (Lipinski definition) is 1. The summed E-state index contributed by atoms with van der Waals surface area (Å²) < 4.78 is 6.54. The summed E-state index contributed by atoms with van der Waals surface area (Å²) in [5, 5.41) is 9.39. The molecular formula is C15H9BrCl2O3. The van der Waals surface area contributed by atoms with E-state index in [2.05, 4.69) is 15.9 Å². The van der Waals surface area contributed by atoms with Gasteiger partial charge in [-0.15, -0.1) is 0 Å². The zero-order chi connectivity index (χ0) is 15.4. The fourth-order valence-electron chi connectivity index (χ4n) is 1.58. The first-order valence-electron chi connectivity index (χ1n) is 5.80. The molecule has 2 aromatic carbocycles. The fourth-order valence-corrected chi connectivity index (χ4v) is 2.25. The van der Waals surface area contributed by atoms with Gasteiger partial charge in [0.2, 0.25) is 0 Å². The van der Waals surface area contributed by atoms with Crippen LogP contribution in [0.4, 0.5) is 0 Å². The number of ether oxygens (including phenoxy) is 1. The van der Waals surface area contributed by atoms with Crippen molar-refractivity contribution in [3.05, 3.63) is 62.6 Å². The van der Waals surface area contributed by atoms with Crippen LogP contribution in [0.3, 0.4) is 0 Å². The molecule has 21 heavy (non-hydrogen) atoms. The maximum atomic E-state index is 10.6. The lowest BCUT2D eigenvalue weighted by Gasteiger charge is -2.11. The Hall–Kier alpha value is -1.49.